The second kappa shape index (κ2) is 5.15. The van der Waals surface area contributed by atoms with Crippen LogP contribution >= 0.6 is 0 Å². The number of nitrogens with one attached hydrogen (secondary N) is 1. The molecule has 2 atom stereocenters. The van der Waals surface area contributed by atoms with Crippen molar-refractivity contribution in [3.05, 3.63) is 53.7 Å². The number of pyridine rings is 1. The Morgan fingerprint density at radius 1 is 1.35 bits per heavy atom. The van der Waals surface area contributed by atoms with E-state index in [-0.39, 0.29) is 6.04 Å². The zero-order valence-electron chi connectivity index (χ0n) is 10.5. The summed E-state index contributed by atoms with van der Waals surface area (Å²) < 4.78 is 5.37. The second-order valence-electron chi connectivity index (χ2n) is 4.30. The third-order valence-electron chi connectivity index (χ3n) is 3.08. The molecule has 0 spiro atoms. The Hall–Kier alpha value is -1.61. The zero-order valence-corrected chi connectivity index (χ0v) is 10.5. The van der Waals surface area contributed by atoms with Crippen LogP contribution in [0.25, 0.3) is 0 Å². The lowest BCUT2D eigenvalue weighted by molar-refractivity contribution is 0.483. The molecule has 2 rings (SSSR count). The van der Waals surface area contributed by atoms with Gasteiger partial charge in [-0.15, -0.1) is 0 Å². The minimum atomic E-state index is 0.224. The number of furan rings is 1. The van der Waals surface area contributed by atoms with E-state index in [2.05, 4.69) is 29.4 Å². The highest BCUT2D eigenvalue weighted by Crippen LogP contribution is 2.29. The maximum absolute atomic E-state index is 5.37. The highest BCUT2D eigenvalue weighted by Gasteiger charge is 2.21. The van der Waals surface area contributed by atoms with Gasteiger partial charge in [0.15, 0.2) is 0 Å². The van der Waals surface area contributed by atoms with Gasteiger partial charge in [0.25, 0.3) is 0 Å². The van der Waals surface area contributed by atoms with Crippen LogP contribution in [-0.4, -0.2) is 12.0 Å². The van der Waals surface area contributed by atoms with Crippen LogP contribution in [-0.2, 0) is 0 Å². The van der Waals surface area contributed by atoms with Gasteiger partial charge in [0.2, 0.25) is 0 Å². The quantitative estimate of drug-likeness (QED) is 0.877. The number of hydrogen-bond donors (Lipinski definition) is 1. The molecule has 0 radical (unpaired) electrons. The molecule has 17 heavy (non-hydrogen) atoms. The van der Waals surface area contributed by atoms with Crippen LogP contribution in [0.1, 0.15) is 35.9 Å². The first-order valence-electron chi connectivity index (χ1n) is 5.85. The summed E-state index contributed by atoms with van der Waals surface area (Å²) in [7, 11) is 1.96. The second-order valence-corrected chi connectivity index (χ2v) is 4.30. The molecule has 0 fully saturated rings. The van der Waals surface area contributed by atoms with Crippen molar-refractivity contribution in [1.29, 1.82) is 0 Å². The van der Waals surface area contributed by atoms with Gasteiger partial charge in [0, 0.05) is 29.4 Å². The maximum Gasteiger partial charge on any atom is 0.101 e. The van der Waals surface area contributed by atoms with Crippen molar-refractivity contribution >= 4 is 0 Å². The number of likely N-dealkylation sites (N-methyl/N-ethyl adjacent to an activating group) is 1. The van der Waals surface area contributed by atoms with E-state index in [0.29, 0.717) is 5.92 Å². The third kappa shape index (κ3) is 2.56. The molecule has 90 valence electrons. The van der Waals surface area contributed by atoms with E-state index in [1.54, 1.807) is 0 Å². The standard InChI is InChI=1S/C14H18N2O/c1-10-8-12(9-17-10)14(15-3)11(2)13-6-4-5-7-16-13/h4-9,11,14-15H,1-3H3. The van der Waals surface area contributed by atoms with Crippen LogP contribution in [0.2, 0.25) is 0 Å². The molecule has 0 saturated carbocycles. The Kier molecular flexibility index (Phi) is 3.59. The highest BCUT2D eigenvalue weighted by molar-refractivity contribution is 5.22. The number of rotatable bonds is 4. The van der Waals surface area contributed by atoms with Crippen molar-refractivity contribution in [1.82, 2.24) is 10.3 Å². The lowest BCUT2D eigenvalue weighted by Crippen LogP contribution is -2.22. The van der Waals surface area contributed by atoms with Crippen molar-refractivity contribution in [2.75, 3.05) is 7.05 Å². The van der Waals surface area contributed by atoms with Crippen LogP contribution in [0.15, 0.2) is 41.1 Å². The molecule has 2 aromatic rings. The summed E-state index contributed by atoms with van der Waals surface area (Å²) in [5.41, 5.74) is 2.26. The van der Waals surface area contributed by atoms with E-state index >= 15 is 0 Å². The predicted octanol–water partition coefficient (Wildman–Crippen LogP) is 3.05. The van der Waals surface area contributed by atoms with Gasteiger partial charge in [-0.1, -0.05) is 13.0 Å². The van der Waals surface area contributed by atoms with Crippen LogP contribution in [0.4, 0.5) is 0 Å². The summed E-state index contributed by atoms with van der Waals surface area (Å²) in [4.78, 5) is 4.41. The van der Waals surface area contributed by atoms with E-state index < -0.39 is 0 Å². The molecular weight excluding hydrogens is 212 g/mol. The molecule has 3 nitrogen and oxygen atoms in total. The summed E-state index contributed by atoms with van der Waals surface area (Å²) >= 11 is 0. The van der Waals surface area contributed by atoms with Crippen molar-refractivity contribution in [2.24, 2.45) is 0 Å². The number of hydrogen-bond acceptors (Lipinski definition) is 3. The van der Waals surface area contributed by atoms with Crippen LogP contribution in [0, 0.1) is 6.92 Å². The van der Waals surface area contributed by atoms with Gasteiger partial charge < -0.3 is 9.73 Å². The Morgan fingerprint density at radius 3 is 2.71 bits per heavy atom. The molecule has 0 saturated heterocycles. The Morgan fingerprint density at radius 2 is 2.18 bits per heavy atom. The summed E-state index contributed by atoms with van der Waals surface area (Å²) in [6.45, 7) is 4.13. The fourth-order valence-electron chi connectivity index (χ4n) is 2.15. The van der Waals surface area contributed by atoms with Gasteiger partial charge in [-0.05, 0) is 32.2 Å². The number of aromatic nitrogens is 1. The molecular formula is C14H18N2O. The summed E-state index contributed by atoms with van der Waals surface area (Å²) in [6.07, 6.45) is 3.65. The fraction of sp³-hybridized carbons (Fsp3) is 0.357. The minimum absolute atomic E-state index is 0.224. The topological polar surface area (TPSA) is 38.1 Å². The maximum atomic E-state index is 5.37. The monoisotopic (exact) mass is 230 g/mol. The van der Waals surface area contributed by atoms with E-state index in [9.17, 15) is 0 Å². The third-order valence-corrected chi connectivity index (χ3v) is 3.08. The van der Waals surface area contributed by atoms with Gasteiger partial charge in [-0.3, -0.25) is 4.98 Å². The summed E-state index contributed by atoms with van der Waals surface area (Å²) in [6, 6.07) is 8.31. The van der Waals surface area contributed by atoms with Crippen LogP contribution < -0.4 is 5.32 Å². The van der Waals surface area contributed by atoms with E-state index in [0.717, 1.165) is 11.5 Å². The largest absolute Gasteiger partial charge is 0.469 e. The summed E-state index contributed by atoms with van der Waals surface area (Å²) in [5, 5.41) is 3.33. The molecule has 0 aliphatic carbocycles. The zero-order chi connectivity index (χ0) is 12.3. The van der Waals surface area contributed by atoms with E-state index in [1.165, 1.54) is 5.56 Å². The first kappa shape index (κ1) is 11.9. The molecule has 2 heterocycles. The first-order chi connectivity index (χ1) is 8.22. The number of nitrogens with zero attached hydrogens (tertiary/aromatic N) is 1. The van der Waals surface area contributed by atoms with E-state index in [4.69, 9.17) is 4.42 Å². The highest BCUT2D eigenvalue weighted by atomic mass is 16.3. The van der Waals surface area contributed by atoms with Crippen molar-refractivity contribution in [3.8, 4) is 0 Å². The molecule has 3 heteroatoms. The Labute approximate surface area is 102 Å². The fourth-order valence-corrected chi connectivity index (χ4v) is 2.15. The lowest BCUT2D eigenvalue weighted by atomic mass is 9.93. The Bertz CT molecular complexity index is 464. The molecule has 0 bridgehead atoms. The van der Waals surface area contributed by atoms with Gasteiger partial charge in [0.05, 0.1) is 6.26 Å². The summed E-state index contributed by atoms with van der Waals surface area (Å²) in [5.74, 6) is 1.24. The van der Waals surface area contributed by atoms with Crippen LogP contribution in [0.5, 0.6) is 0 Å². The average molecular weight is 230 g/mol. The molecule has 0 aromatic carbocycles. The molecule has 0 amide bonds. The smallest absolute Gasteiger partial charge is 0.101 e. The van der Waals surface area contributed by atoms with E-state index in [1.807, 2.05) is 38.6 Å². The Balaban J connectivity index is 2.25. The minimum Gasteiger partial charge on any atom is -0.469 e. The van der Waals surface area contributed by atoms with Crippen LogP contribution in [0.3, 0.4) is 0 Å². The van der Waals surface area contributed by atoms with Gasteiger partial charge in [-0.25, -0.2) is 0 Å². The molecule has 0 aliphatic rings. The number of aryl methyl sites for hydroxylation is 1. The molecule has 1 N–H and O–H groups in total. The normalized spacial score (nSPS) is 14.5. The lowest BCUT2D eigenvalue weighted by Gasteiger charge is -2.21. The molecule has 0 aliphatic heterocycles. The molecule has 2 unspecified atom stereocenters. The van der Waals surface area contributed by atoms with Gasteiger partial charge in [0.1, 0.15) is 5.76 Å². The van der Waals surface area contributed by atoms with Crippen molar-refractivity contribution in [2.45, 2.75) is 25.8 Å². The van der Waals surface area contributed by atoms with Gasteiger partial charge in [-0.2, -0.15) is 0 Å². The average Bonchev–Trinajstić information content (AvgIpc) is 2.78. The molecule has 2 aromatic heterocycles. The first-order valence-corrected chi connectivity index (χ1v) is 5.85. The van der Waals surface area contributed by atoms with Crippen molar-refractivity contribution in [3.63, 3.8) is 0 Å². The predicted molar refractivity (Wildman–Crippen MR) is 67.9 cm³/mol. The van der Waals surface area contributed by atoms with Crippen molar-refractivity contribution < 1.29 is 4.42 Å². The van der Waals surface area contributed by atoms with Gasteiger partial charge >= 0.3 is 0 Å². The SMILES string of the molecule is CNC(c1coc(C)c1)C(C)c1ccccn1.